The van der Waals surface area contributed by atoms with Crippen LogP contribution in [0.15, 0.2) is 12.8 Å². The van der Waals surface area contributed by atoms with Crippen molar-refractivity contribution in [3.8, 4) is 35.8 Å². The summed E-state index contributed by atoms with van der Waals surface area (Å²) in [4.78, 5) is 13.1. The van der Waals surface area contributed by atoms with E-state index in [0.717, 1.165) is 19.3 Å². The molecule has 9 atom stereocenters. The van der Waals surface area contributed by atoms with Gasteiger partial charge in [-0.15, -0.1) is 0 Å². The molecule has 3 aliphatic carbocycles. The fourth-order valence-corrected chi connectivity index (χ4v) is 5.63. The maximum atomic E-state index is 14.2. The Labute approximate surface area is 225 Å². The summed E-state index contributed by atoms with van der Waals surface area (Å²) in [6, 6.07) is 4.08. The summed E-state index contributed by atoms with van der Waals surface area (Å²) in [5.74, 6) is 10.9. The second-order valence-corrected chi connectivity index (χ2v) is 10.7. The van der Waals surface area contributed by atoms with Crippen LogP contribution in [0.25, 0.3) is 0 Å². The molecule has 3 saturated carbocycles. The highest BCUT2D eigenvalue weighted by atomic mass is 19.1. The van der Waals surface area contributed by atoms with Gasteiger partial charge in [-0.1, -0.05) is 30.3 Å². The van der Waals surface area contributed by atoms with E-state index in [4.69, 9.17) is 20.0 Å². The van der Waals surface area contributed by atoms with Crippen LogP contribution in [0.2, 0.25) is 0 Å². The molecule has 0 spiro atoms. The summed E-state index contributed by atoms with van der Waals surface area (Å²) in [6.07, 6.45) is 5.55. The Morgan fingerprint density at radius 2 is 1.26 bits per heavy atom. The molecule has 0 radical (unpaired) electrons. The Kier molecular flexibility index (Phi) is 12.0. The van der Waals surface area contributed by atoms with Gasteiger partial charge in [0.2, 0.25) is 0 Å². The number of nitriles is 2. The van der Waals surface area contributed by atoms with Gasteiger partial charge >= 0.3 is 5.97 Å². The third-order valence-corrected chi connectivity index (χ3v) is 8.01. The first-order chi connectivity index (χ1) is 18.4. The first-order valence-corrected chi connectivity index (χ1v) is 13.9. The van der Waals surface area contributed by atoms with Crippen LogP contribution in [0.5, 0.6) is 0 Å². The van der Waals surface area contributed by atoms with Crippen molar-refractivity contribution in [2.75, 3.05) is 13.2 Å². The van der Waals surface area contributed by atoms with Crippen molar-refractivity contribution < 1.29 is 23.0 Å². The molecular weight excluding hydrogens is 486 g/mol. The predicted molar refractivity (Wildman–Crippen MR) is 139 cm³/mol. The third kappa shape index (κ3) is 8.77. The minimum absolute atomic E-state index is 0.000340. The van der Waals surface area contributed by atoms with Crippen molar-refractivity contribution in [3.05, 3.63) is 12.8 Å². The quantitative estimate of drug-likeness (QED) is 0.175. The molecule has 7 heteroatoms. The van der Waals surface area contributed by atoms with Gasteiger partial charge in [0.15, 0.2) is 0 Å². The zero-order valence-corrected chi connectivity index (χ0v) is 22.0. The number of rotatable bonds is 7. The summed E-state index contributed by atoms with van der Waals surface area (Å²) >= 11 is 0. The summed E-state index contributed by atoms with van der Waals surface area (Å²) in [6.45, 7) is 4.33. The number of ether oxygens (including phenoxy) is 2. The van der Waals surface area contributed by atoms with E-state index in [1.807, 2.05) is 12.1 Å². The average Bonchev–Trinajstić information content (AvgIpc) is 2.93. The van der Waals surface area contributed by atoms with E-state index in [0.29, 0.717) is 51.7 Å². The Balaban J connectivity index is 1.62. The van der Waals surface area contributed by atoms with Crippen molar-refractivity contribution in [1.29, 1.82) is 10.5 Å². The summed E-state index contributed by atoms with van der Waals surface area (Å²) in [7, 11) is 0. The third-order valence-electron chi connectivity index (χ3n) is 8.01. The van der Waals surface area contributed by atoms with Gasteiger partial charge in [0.25, 0.3) is 0 Å². The summed E-state index contributed by atoms with van der Waals surface area (Å²) in [5.41, 5.74) is 0. The van der Waals surface area contributed by atoms with Crippen LogP contribution in [0.4, 0.5) is 8.78 Å². The number of hydrogen-bond donors (Lipinski definition) is 0. The van der Waals surface area contributed by atoms with Crippen LogP contribution in [-0.2, 0) is 14.3 Å². The largest absolute Gasteiger partial charge is 0.502 e. The fourth-order valence-electron chi connectivity index (χ4n) is 5.63. The zero-order chi connectivity index (χ0) is 27.3. The van der Waals surface area contributed by atoms with Crippen LogP contribution >= 0.6 is 0 Å². The second kappa shape index (κ2) is 15.4. The van der Waals surface area contributed by atoms with E-state index in [2.05, 4.69) is 30.3 Å². The number of carbonyl (C=O) groups excluding carboxylic acids is 1. The van der Waals surface area contributed by atoms with E-state index in [9.17, 15) is 13.6 Å². The van der Waals surface area contributed by atoms with Crippen LogP contribution in [0.3, 0.4) is 0 Å². The number of halogens is 2. The van der Waals surface area contributed by atoms with Gasteiger partial charge in [-0.25, -0.2) is 8.78 Å². The highest BCUT2D eigenvalue weighted by Gasteiger charge is 2.36. The molecule has 0 bridgehead atoms. The standard InChI is InChI=1S/C31H38F2N2O3/c1-2-37-15-3-4-16-38-31(36)28-17-22(5-6-23-9-13-26(20-34)29(32)18-23)7-11-25(28)12-8-24-10-14-27(21-35)30(33)19-24/h2,22-30H,1,3-4,7,9-11,13-19H2. The zero-order valence-electron chi connectivity index (χ0n) is 22.0. The molecule has 3 aliphatic rings. The first-order valence-electron chi connectivity index (χ1n) is 13.9. The van der Waals surface area contributed by atoms with Gasteiger partial charge in [-0.3, -0.25) is 4.79 Å². The minimum Gasteiger partial charge on any atom is -0.502 e. The lowest BCUT2D eigenvalue weighted by atomic mass is 9.73. The van der Waals surface area contributed by atoms with Gasteiger partial charge in [0.1, 0.15) is 12.3 Å². The molecule has 9 unspecified atom stereocenters. The molecule has 3 fully saturated rings. The summed E-state index contributed by atoms with van der Waals surface area (Å²) < 4.78 is 39.1. The van der Waals surface area contributed by atoms with E-state index >= 15 is 0 Å². The molecule has 0 amide bonds. The maximum absolute atomic E-state index is 14.2. The number of hydrogen-bond acceptors (Lipinski definition) is 5. The van der Waals surface area contributed by atoms with Crippen LogP contribution in [0.1, 0.15) is 70.6 Å². The molecule has 204 valence electrons. The number of carbonyl (C=O) groups is 1. The number of nitrogens with zero attached hydrogens (tertiary/aromatic N) is 2. The molecule has 0 heterocycles. The van der Waals surface area contributed by atoms with E-state index in [-0.39, 0.29) is 42.5 Å². The lowest BCUT2D eigenvalue weighted by Crippen LogP contribution is -2.32. The SMILES string of the molecule is C=COCCCCOC(=O)C1CC(C#CC2CCC(C#N)C(F)C2)CCC1C#CC1CCC(C#N)C(F)C1. The van der Waals surface area contributed by atoms with Crippen LogP contribution in [0, 0.1) is 87.8 Å². The molecule has 3 rings (SSSR count). The highest BCUT2D eigenvalue weighted by Crippen LogP contribution is 2.36. The van der Waals surface area contributed by atoms with Gasteiger partial charge in [0.05, 0.1) is 49.4 Å². The van der Waals surface area contributed by atoms with Crippen molar-refractivity contribution in [2.45, 2.75) is 83.0 Å². The average molecular weight is 525 g/mol. The van der Waals surface area contributed by atoms with Crippen molar-refractivity contribution in [3.63, 3.8) is 0 Å². The number of alkyl halides is 2. The first kappa shape index (κ1) is 29.5. The molecular formula is C31H38F2N2O3. The topological polar surface area (TPSA) is 83.1 Å². The molecule has 0 saturated heterocycles. The van der Waals surface area contributed by atoms with Crippen molar-refractivity contribution >= 4 is 5.97 Å². The molecule has 0 aliphatic heterocycles. The van der Waals surface area contributed by atoms with Gasteiger partial charge in [0, 0.05) is 23.7 Å². The molecule has 0 aromatic heterocycles. The fraction of sp³-hybridized carbons (Fsp3) is 0.710. The number of esters is 1. The van der Waals surface area contributed by atoms with Crippen LogP contribution < -0.4 is 0 Å². The van der Waals surface area contributed by atoms with E-state index in [1.54, 1.807) is 0 Å². The Hall–Kier alpha value is -3.03. The minimum atomic E-state index is -1.16. The van der Waals surface area contributed by atoms with Crippen molar-refractivity contribution in [2.24, 2.45) is 41.4 Å². The second-order valence-electron chi connectivity index (χ2n) is 10.7. The van der Waals surface area contributed by atoms with Gasteiger partial charge < -0.3 is 9.47 Å². The summed E-state index contributed by atoms with van der Waals surface area (Å²) in [5, 5.41) is 18.1. The maximum Gasteiger partial charge on any atom is 0.310 e. The number of unbranched alkanes of at least 4 members (excludes halogenated alkanes) is 1. The lowest BCUT2D eigenvalue weighted by molar-refractivity contribution is -0.151. The molecule has 0 N–H and O–H groups in total. The predicted octanol–water partition coefficient (Wildman–Crippen LogP) is 6.07. The van der Waals surface area contributed by atoms with Crippen LogP contribution in [-0.4, -0.2) is 31.5 Å². The van der Waals surface area contributed by atoms with Gasteiger partial charge in [-0.2, -0.15) is 10.5 Å². The Morgan fingerprint density at radius 3 is 1.79 bits per heavy atom. The molecule has 38 heavy (non-hydrogen) atoms. The van der Waals surface area contributed by atoms with E-state index in [1.165, 1.54) is 6.26 Å². The highest BCUT2D eigenvalue weighted by molar-refractivity contribution is 5.73. The Bertz CT molecular complexity index is 1010. The van der Waals surface area contributed by atoms with E-state index < -0.39 is 30.1 Å². The van der Waals surface area contributed by atoms with Gasteiger partial charge in [-0.05, 0) is 70.6 Å². The molecule has 0 aromatic rings. The smallest absolute Gasteiger partial charge is 0.310 e. The van der Waals surface area contributed by atoms with Crippen molar-refractivity contribution in [1.82, 2.24) is 0 Å². The molecule has 5 nitrogen and oxygen atoms in total. The lowest BCUT2D eigenvalue weighted by Gasteiger charge is -2.31. The monoisotopic (exact) mass is 524 g/mol. The normalized spacial score (nSPS) is 34.6. The molecule has 0 aromatic carbocycles. The Morgan fingerprint density at radius 1 is 0.763 bits per heavy atom.